The number of allylic oxidation sites excluding steroid dienone is 24. The Balaban J connectivity index is 4.31. The number of hydrogen-bond acceptors (Lipinski definition) is 6. The minimum atomic E-state index is -0.796. The Bertz CT molecular complexity index is 1800. The van der Waals surface area contributed by atoms with Crippen LogP contribution in [0.3, 0.4) is 0 Å². The van der Waals surface area contributed by atoms with E-state index in [4.69, 9.17) is 14.2 Å². The molecule has 0 fully saturated rings. The first-order chi connectivity index (χ1) is 41.0. The van der Waals surface area contributed by atoms with Crippen molar-refractivity contribution in [3.05, 3.63) is 146 Å². The van der Waals surface area contributed by atoms with E-state index < -0.39 is 6.10 Å². The second-order valence-corrected chi connectivity index (χ2v) is 22.3. The minimum absolute atomic E-state index is 0.0920. The molecule has 0 aromatic heterocycles. The molecule has 0 heterocycles. The Morgan fingerprint density at radius 2 is 0.470 bits per heavy atom. The quantitative estimate of drug-likeness (QED) is 0.0261. The molecule has 6 heteroatoms. The van der Waals surface area contributed by atoms with Gasteiger partial charge in [0.2, 0.25) is 0 Å². The summed E-state index contributed by atoms with van der Waals surface area (Å²) >= 11 is 0. The predicted octanol–water partition coefficient (Wildman–Crippen LogP) is 23.9. The van der Waals surface area contributed by atoms with Crippen LogP contribution in [-0.4, -0.2) is 37.2 Å². The van der Waals surface area contributed by atoms with Crippen molar-refractivity contribution in [1.82, 2.24) is 0 Å². The highest BCUT2D eigenvalue weighted by atomic mass is 16.6. The van der Waals surface area contributed by atoms with Crippen LogP contribution < -0.4 is 0 Å². The molecular formula is C77H126O6. The van der Waals surface area contributed by atoms with Crippen molar-refractivity contribution in [2.24, 2.45) is 0 Å². The van der Waals surface area contributed by atoms with E-state index in [1.54, 1.807) is 0 Å². The summed E-state index contributed by atoms with van der Waals surface area (Å²) < 4.78 is 16.9. The fraction of sp³-hybridized carbons (Fsp3) is 0.649. The largest absolute Gasteiger partial charge is 0.462 e. The van der Waals surface area contributed by atoms with Gasteiger partial charge < -0.3 is 14.2 Å². The summed E-state index contributed by atoms with van der Waals surface area (Å²) in [5, 5.41) is 0. The average Bonchev–Trinajstić information content (AvgIpc) is 3.48. The Morgan fingerprint density at radius 1 is 0.253 bits per heavy atom. The smallest absolute Gasteiger partial charge is 0.306 e. The molecule has 0 radical (unpaired) electrons. The van der Waals surface area contributed by atoms with Crippen LogP contribution in [0.1, 0.15) is 303 Å². The van der Waals surface area contributed by atoms with Gasteiger partial charge in [0.05, 0.1) is 0 Å². The Labute approximate surface area is 512 Å². The van der Waals surface area contributed by atoms with Crippen LogP contribution in [0.2, 0.25) is 0 Å². The van der Waals surface area contributed by atoms with Crippen LogP contribution in [0.5, 0.6) is 0 Å². The molecule has 470 valence electrons. The first-order valence-electron chi connectivity index (χ1n) is 34.3. The minimum Gasteiger partial charge on any atom is -0.462 e. The van der Waals surface area contributed by atoms with Crippen LogP contribution in [0, 0.1) is 0 Å². The maximum absolute atomic E-state index is 12.9. The highest BCUT2D eigenvalue weighted by Crippen LogP contribution is 2.16. The maximum Gasteiger partial charge on any atom is 0.306 e. The van der Waals surface area contributed by atoms with Gasteiger partial charge in [-0.15, -0.1) is 0 Å². The van der Waals surface area contributed by atoms with Crippen molar-refractivity contribution in [2.75, 3.05) is 13.2 Å². The second-order valence-electron chi connectivity index (χ2n) is 22.3. The van der Waals surface area contributed by atoms with E-state index in [1.807, 2.05) is 0 Å². The molecule has 0 saturated heterocycles. The third-order valence-corrected chi connectivity index (χ3v) is 14.3. The van der Waals surface area contributed by atoms with E-state index in [9.17, 15) is 14.4 Å². The lowest BCUT2D eigenvalue weighted by Crippen LogP contribution is -2.30. The van der Waals surface area contributed by atoms with Gasteiger partial charge in [0, 0.05) is 19.3 Å². The highest BCUT2D eigenvalue weighted by Gasteiger charge is 2.19. The zero-order valence-electron chi connectivity index (χ0n) is 53.9. The summed E-state index contributed by atoms with van der Waals surface area (Å²) in [5.41, 5.74) is 0. The van der Waals surface area contributed by atoms with Crippen LogP contribution >= 0.6 is 0 Å². The summed E-state index contributed by atoms with van der Waals surface area (Å²) in [5.74, 6) is -0.918. The van der Waals surface area contributed by atoms with Crippen molar-refractivity contribution in [3.63, 3.8) is 0 Å². The van der Waals surface area contributed by atoms with Gasteiger partial charge in [-0.05, 0) is 135 Å². The summed E-state index contributed by atoms with van der Waals surface area (Å²) in [6.45, 7) is 6.36. The SMILES string of the molecule is CC/C=C\C/C=C\C/C=C\C/C=C\C/C=C\C/C=C\C/C=C\CCCCCCCC(=O)OCC(COC(=O)CCCCCCC/C=C\CCCC)OC(=O)CCCCCCCCCCCCCCCC/C=C\C/C=C\C/C=C\C/C=C\CC. The van der Waals surface area contributed by atoms with E-state index in [-0.39, 0.29) is 31.1 Å². The lowest BCUT2D eigenvalue weighted by Gasteiger charge is -2.18. The first kappa shape index (κ1) is 78.3. The van der Waals surface area contributed by atoms with Gasteiger partial charge >= 0.3 is 17.9 Å². The van der Waals surface area contributed by atoms with Gasteiger partial charge in [0.1, 0.15) is 13.2 Å². The monoisotopic (exact) mass is 1150 g/mol. The molecule has 0 aliphatic rings. The van der Waals surface area contributed by atoms with Crippen molar-refractivity contribution < 1.29 is 28.6 Å². The Hall–Kier alpha value is -4.71. The molecule has 0 aliphatic heterocycles. The topological polar surface area (TPSA) is 78.9 Å². The van der Waals surface area contributed by atoms with Crippen molar-refractivity contribution in [2.45, 2.75) is 309 Å². The standard InChI is InChI=1S/C77H126O6/c1-4-7-10-13-16-19-22-24-26-28-30-32-34-36-38-40-42-44-46-48-50-52-55-58-61-64-67-70-76(79)82-73-74(72-81-75(78)69-66-63-60-57-54-21-18-15-12-9-6-3)83-77(80)71-68-65-62-59-56-53-51-49-47-45-43-41-39-37-35-33-31-29-27-25-23-20-17-14-11-8-5-2/h7-8,10-11,15-20,24-27,30-33,36,38,42,44,48,50,74H,4-6,9,12-14,21-23,28-29,34-35,37,39-41,43,45-47,49,51-73H2,1-3H3/b10-7-,11-8-,18-15-,19-16-,20-17-,26-24-,27-25-,32-30-,33-31-,38-36-,44-42-,50-48-. The Morgan fingerprint density at radius 3 is 0.747 bits per heavy atom. The molecule has 0 amide bonds. The molecular weight excluding hydrogens is 1020 g/mol. The summed E-state index contributed by atoms with van der Waals surface area (Å²) in [6, 6.07) is 0. The normalized spacial score (nSPS) is 13.0. The first-order valence-corrected chi connectivity index (χ1v) is 34.3. The summed E-state index contributed by atoms with van der Waals surface area (Å²) in [6.07, 6.45) is 100. The zero-order valence-corrected chi connectivity index (χ0v) is 53.9. The van der Waals surface area contributed by atoms with E-state index in [0.717, 1.165) is 161 Å². The fourth-order valence-electron chi connectivity index (χ4n) is 9.22. The van der Waals surface area contributed by atoms with Gasteiger partial charge in [0.15, 0.2) is 6.10 Å². The van der Waals surface area contributed by atoms with Crippen LogP contribution in [0.15, 0.2) is 146 Å². The van der Waals surface area contributed by atoms with Gasteiger partial charge in [-0.1, -0.05) is 295 Å². The number of rotatable bonds is 61. The van der Waals surface area contributed by atoms with Gasteiger partial charge in [-0.2, -0.15) is 0 Å². The molecule has 6 nitrogen and oxygen atoms in total. The van der Waals surface area contributed by atoms with Gasteiger partial charge in [-0.3, -0.25) is 14.4 Å². The Kier molecular flexibility index (Phi) is 65.8. The number of unbranched alkanes of at least 4 members (excludes halogenated alkanes) is 26. The summed E-state index contributed by atoms with van der Waals surface area (Å²) in [7, 11) is 0. The highest BCUT2D eigenvalue weighted by molar-refractivity contribution is 5.71. The third kappa shape index (κ3) is 68.0. The molecule has 0 N–H and O–H groups in total. The van der Waals surface area contributed by atoms with Crippen LogP contribution in [0.4, 0.5) is 0 Å². The molecule has 0 aromatic rings. The van der Waals surface area contributed by atoms with Gasteiger partial charge in [0.25, 0.3) is 0 Å². The fourth-order valence-corrected chi connectivity index (χ4v) is 9.22. The molecule has 0 saturated carbocycles. The van der Waals surface area contributed by atoms with Crippen molar-refractivity contribution in [3.8, 4) is 0 Å². The predicted molar refractivity (Wildman–Crippen MR) is 362 cm³/mol. The lowest BCUT2D eigenvalue weighted by molar-refractivity contribution is -0.167. The van der Waals surface area contributed by atoms with Gasteiger partial charge in [-0.25, -0.2) is 0 Å². The molecule has 83 heavy (non-hydrogen) atoms. The van der Waals surface area contributed by atoms with Crippen molar-refractivity contribution in [1.29, 1.82) is 0 Å². The van der Waals surface area contributed by atoms with E-state index >= 15 is 0 Å². The zero-order chi connectivity index (χ0) is 59.9. The number of carbonyl (C=O) groups excluding carboxylic acids is 3. The number of carbonyl (C=O) groups is 3. The number of ether oxygens (including phenoxy) is 3. The van der Waals surface area contributed by atoms with Crippen LogP contribution in [0.25, 0.3) is 0 Å². The maximum atomic E-state index is 12.9. The molecule has 0 spiro atoms. The molecule has 1 atom stereocenters. The number of hydrogen-bond donors (Lipinski definition) is 0. The molecule has 0 aliphatic carbocycles. The van der Waals surface area contributed by atoms with Crippen molar-refractivity contribution >= 4 is 17.9 Å². The lowest BCUT2D eigenvalue weighted by atomic mass is 10.0. The average molecular weight is 1150 g/mol. The molecule has 0 aromatic carbocycles. The third-order valence-electron chi connectivity index (χ3n) is 14.3. The second kappa shape index (κ2) is 69.8. The van der Waals surface area contributed by atoms with Crippen LogP contribution in [-0.2, 0) is 28.6 Å². The van der Waals surface area contributed by atoms with E-state index in [0.29, 0.717) is 19.3 Å². The van der Waals surface area contributed by atoms with E-state index in [1.165, 1.54) is 103 Å². The van der Waals surface area contributed by atoms with E-state index in [2.05, 4.69) is 167 Å². The number of esters is 3. The molecule has 0 bridgehead atoms. The molecule has 0 rings (SSSR count). The summed E-state index contributed by atoms with van der Waals surface area (Å²) in [4.78, 5) is 38.4. The molecule has 1 unspecified atom stereocenters.